The molecule has 0 fully saturated rings. The average Bonchev–Trinajstić information content (AvgIpc) is 2.79. The highest BCUT2D eigenvalue weighted by Crippen LogP contribution is 2.32. The van der Waals surface area contributed by atoms with Gasteiger partial charge < -0.3 is 19.3 Å². The minimum absolute atomic E-state index is 0.0975. The van der Waals surface area contributed by atoms with Crippen LogP contribution in [-0.4, -0.2) is 47.3 Å². The van der Waals surface area contributed by atoms with Crippen molar-refractivity contribution in [2.24, 2.45) is 0 Å². The predicted molar refractivity (Wildman–Crippen MR) is 113 cm³/mol. The number of rotatable bonds is 13. The first-order valence-electron chi connectivity index (χ1n) is 10.2. The summed E-state index contributed by atoms with van der Waals surface area (Å²) in [5.74, 6) is -0.414. The third kappa shape index (κ3) is 9.35. The fourth-order valence-corrected chi connectivity index (χ4v) is 3.03. The SMILES string of the molecule is CN(CC[C@@H](Oc1ccc(C(F)(F)F)cc1)c1ccccc1)C(=O)CC(CO[N+](=O)[O-])O[N+](=O)[O-]. The monoisotopic (exact) mass is 501 g/mol. The van der Waals surface area contributed by atoms with E-state index in [2.05, 4.69) is 9.68 Å². The van der Waals surface area contributed by atoms with Gasteiger partial charge in [-0.15, -0.1) is 20.2 Å². The number of carbonyl (C=O) groups is 1. The Kier molecular flexibility index (Phi) is 9.61. The average molecular weight is 501 g/mol. The van der Waals surface area contributed by atoms with Crippen molar-refractivity contribution in [2.75, 3.05) is 20.2 Å². The highest BCUT2D eigenvalue weighted by atomic mass is 19.4. The number of ether oxygens (including phenoxy) is 1. The molecule has 0 aliphatic heterocycles. The second kappa shape index (κ2) is 12.4. The Bertz CT molecular complexity index is 990. The number of amides is 1. The summed E-state index contributed by atoms with van der Waals surface area (Å²) in [6, 6.07) is 13.0. The van der Waals surface area contributed by atoms with E-state index < -0.39 is 53.1 Å². The van der Waals surface area contributed by atoms with Crippen molar-refractivity contribution in [2.45, 2.75) is 31.2 Å². The zero-order chi connectivity index (χ0) is 26.0. The number of hydrogen-bond donors (Lipinski definition) is 0. The van der Waals surface area contributed by atoms with Crippen molar-refractivity contribution in [3.05, 3.63) is 86.0 Å². The summed E-state index contributed by atoms with van der Waals surface area (Å²) in [6.07, 6.45) is -6.94. The summed E-state index contributed by atoms with van der Waals surface area (Å²) in [7, 11) is 1.42. The summed E-state index contributed by atoms with van der Waals surface area (Å²) in [5, 5.41) is 18.6. The minimum Gasteiger partial charge on any atom is -0.486 e. The lowest BCUT2D eigenvalue weighted by atomic mass is 10.1. The van der Waals surface area contributed by atoms with Gasteiger partial charge in [0.1, 0.15) is 24.6 Å². The molecule has 2 aromatic rings. The van der Waals surface area contributed by atoms with Crippen LogP contribution in [-0.2, 0) is 20.6 Å². The fraction of sp³-hybridized carbons (Fsp3) is 0.381. The summed E-state index contributed by atoms with van der Waals surface area (Å²) >= 11 is 0. The van der Waals surface area contributed by atoms with Crippen LogP contribution in [0.3, 0.4) is 0 Å². The second-order valence-electron chi connectivity index (χ2n) is 7.32. The molecule has 0 saturated heterocycles. The van der Waals surface area contributed by atoms with E-state index >= 15 is 0 Å². The number of halogens is 3. The van der Waals surface area contributed by atoms with Crippen LogP contribution in [0.25, 0.3) is 0 Å². The van der Waals surface area contributed by atoms with E-state index in [-0.39, 0.29) is 18.7 Å². The number of benzene rings is 2. The van der Waals surface area contributed by atoms with Crippen LogP contribution in [0, 0.1) is 20.2 Å². The first kappa shape index (κ1) is 27.1. The van der Waals surface area contributed by atoms with E-state index in [9.17, 15) is 38.2 Å². The fourth-order valence-electron chi connectivity index (χ4n) is 3.03. The Morgan fingerprint density at radius 3 is 2.20 bits per heavy atom. The smallest absolute Gasteiger partial charge is 0.416 e. The number of alkyl halides is 3. The Balaban J connectivity index is 2.05. The predicted octanol–water partition coefficient (Wildman–Crippen LogP) is 3.85. The van der Waals surface area contributed by atoms with E-state index in [1.807, 2.05) is 0 Å². The number of carbonyl (C=O) groups excluding carboxylic acids is 1. The standard InChI is InChI=1S/C21H22F3N3O8/c1-25(20(28)13-18(35-27(31)32)14-33-26(29)30)12-11-19(15-5-3-2-4-6-15)34-17-9-7-16(8-10-17)21(22,23)24/h2-10,18-19H,11-14H2,1H3/t18?,19-/m1/s1. The highest BCUT2D eigenvalue weighted by molar-refractivity contribution is 5.76. The quantitative estimate of drug-likeness (QED) is 0.298. The van der Waals surface area contributed by atoms with E-state index in [0.717, 1.165) is 12.1 Å². The number of nitrogens with zero attached hydrogens (tertiary/aromatic N) is 3. The first-order valence-corrected chi connectivity index (χ1v) is 10.2. The molecule has 2 atom stereocenters. The molecule has 0 saturated carbocycles. The van der Waals surface area contributed by atoms with Crippen molar-refractivity contribution < 1.29 is 42.6 Å². The van der Waals surface area contributed by atoms with Crippen molar-refractivity contribution in [3.8, 4) is 5.75 Å². The lowest BCUT2D eigenvalue weighted by Gasteiger charge is -2.24. The molecule has 0 aliphatic carbocycles. The molecule has 0 spiro atoms. The normalized spacial score (nSPS) is 12.8. The van der Waals surface area contributed by atoms with Crippen LogP contribution in [0.2, 0.25) is 0 Å². The van der Waals surface area contributed by atoms with Gasteiger partial charge in [0.2, 0.25) is 5.91 Å². The van der Waals surface area contributed by atoms with Crippen molar-refractivity contribution in [1.82, 2.24) is 4.90 Å². The van der Waals surface area contributed by atoms with Crippen LogP contribution >= 0.6 is 0 Å². The zero-order valence-corrected chi connectivity index (χ0v) is 18.4. The molecule has 1 amide bonds. The van der Waals surface area contributed by atoms with Gasteiger partial charge in [-0.2, -0.15) is 13.2 Å². The Morgan fingerprint density at radius 2 is 1.66 bits per heavy atom. The maximum atomic E-state index is 12.8. The molecular weight excluding hydrogens is 479 g/mol. The highest BCUT2D eigenvalue weighted by Gasteiger charge is 2.30. The lowest BCUT2D eigenvalue weighted by Crippen LogP contribution is -2.35. The molecular formula is C21H22F3N3O8. The van der Waals surface area contributed by atoms with Gasteiger partial charge in [-0.1, -0.05) is 30.3 Å². The Labute approximate surface area is 197 Å². The topological polar surface area (TPSA) is 134 Å². The number of hydrogen-bond acceptors (Lipinski definition) is 8. The molecule has 0 aliphatic rings. The maximum absolute atomic E-state index is 12.8. The van der Waals surface area contributed by atoms with Crippen LogP contribution in [0.1, 0.15) is 30.1 Å². The van der Waals surface area contributed by atoms with E-state index in [4.69, 9.17) is 4.74 Å². The molecule has 1 unspecified atom stereocenters. The van der Waals surface area contributed by atoms with Gasteiger partial charge in [0.05, 0.1) is 12.0 Å². The van der Waals surface area contributed by atoms with Crippen LogP contribution in [0.15, 0.2) is 54.6 Å². The van der Waals surface area contributed by atoms with Gasteiger partial charge in [-0.25, -0.2) is 0 Å². The third-order valence-corrected chi connectivity index (χ3v) is 4.79. The van der Waals surface area contributed by atoms with Crippen LogP contribution in [0.5, 0.6) is 5.75 Å². The van der Waals surface area contributed by atoms with Gasteiger partial charge in [0.25, 0.3) is 10.2 Å². The third-order valence-electron chi connectivity index (χ3n) is 4.79. The molecule has 2 aromatic carbocycles. The van der Waals surface area contributed by atoms with E-state index in [0.29, 0.717) is 5.56 Å². The molecule has 0 aromatic heterocycles. The largest absolute Gasteiger partial charge is 0.486 e. The van der Waals surface area contributed by atoms with Gasteiger partial charge >= 0.3 is 6.18 Å². The molecule has 35 heavy (non-hydrogen) atoms. The molecule has 0 heterocycles. The van der Waals surface area contributed by atoms with Crippen molar-refractivity contribution in [3.63, 3.8) is 0 Å². The van der Waals surface area contributed by atoms with Gasteiger partial charge in [0, 0.05) is 20.0 Å². The van der Waals surface area contributed by atoms with Gasteiger partial charge in [0.15, 0.2) is 0 Å². The summed E-state index contributed by atoms with van der Waals surface area (Å²) in [6.45, 7) is -0.711. The second-order valence-corrected chi connectivity index (χ2v) is 7.32. The van der Waals surface area contributed by atoms with Crippen molar-refractivity contribution in [1.29, 1.82) is 0 Å². The molecule has 11 nitrogen and oxygen atoms in total. The van der Waals surface area contributed by atoms with Crippen LogP contribution in [0.4, 0.5) is 13.2 Å². The maximum Gasteiger partial charge on any atom is 0.416 e. The molecule has 190 valence electrons. The zero-order valence-electron chi connectivity index (χ0n) is 18.4. The van der Waals surface area contributed by atoms with Crippen molar-refractivity contribution >= 4 is 5.91 Å². The van der Waals surface area contributed by atoms with Gasteiger partial charge in [-0.05, 0) is 29.8 Å². The van der Waals surface area contributed by atoms with E-state index in [1.165, 1.54) is 24.1 Å². The summed E-state index contributed by atoms with van der Waals surface area (Å²) in [4.78, 5) is 43.0. The molecule has 2 rings (SSSR count). The molecule has 0 N–H and O–H groups in total. The summed E-state index contributed by atoms with van der Waals surface area (Å²) in [5.41, 5.74) is -0.110. The Morgan fingerprint density at radius 1 is 1.03 bits per heavy atom. The van der Waals surface area contributed by atoms with Crippen LogP contribution < -0.4 is 4.74 Å². The van der Waals surface area contributed by atoms with Gasteiger partial charge in [-0.3, -0.25) is 4.79 Å². The molecule has 14 heteroatoms. The summed E-state index contributed by atoms with van der Waals surface area (Å²) < 4.78 is 44.3. The molecule has 0 radical (unpaired) electrons. The minimum atomic E-state index is -4.48. The van der Waals surface area contributed by atoms with E-state index in [1.54, 1.807) is 30.3 Å². The molecule has 0 bridgehead atoms. The Hall–Kier alpha value is -4.10. The lowest BCUT2D eigenvalue weighted by molar-refractivity contribution is -0.789. The first-order chi connectivity index (χ1) is 16.5.